The Bertz CT molecular complexity index is 1050. The van der Waals surface area contributed by atoms with Crippen LogP contribution in [0.4, 0.5) is 5.95 Å². The van der Waals surface area contributed by atoms with Crippen molar-refractivity contribution >= 4 is 17.0 Å². The Kier molecular flexibility index (Phi) is 5.59. The molecule has 0 spiro atoms. The molecule has 3 aromatic rings. The molecule has 0 aliphatic carbocycles. The number of hydrogen-bond donors (Lipinski definition) is 0. The number of rotatable bonds is 6. The monoisotopic (exact) mass is 381 g/mol. The van der Waals surface area contributed by atoms with Crippen LogP contribution in [0.25, 0.3) is 22.3 Å². The van der Waals surface area contributed by atoms with Crippen LogP contribution in [0.15, 0.2) is 16.9 Å². The van der Waals surface area contributed by atoms with Gasteiger partial charge >= 0.3 is 0 Å². The van der Waals surface area contributed by atoms with Crippen LogP contribution in [-0.4, -0.2) is 32.4 Å². The zero-order valence-corrected chi connectivity index (χ0v) is 18.1. The van der Waals surface area contributed by atoms with E-state index in [0.29, 0.717) is 17.0 Å². The van der Waals surface area contributed by atoms with Gasteiger partial charge in [-0.15, -0.1) is 0 Å². The lowest BCUT2D eigenvalue weighted by atomic mass is 9.96. The molecule has 0 saturated heterocycles. The topological polar surface area (TPSA) is 56.0 Å². The maximum atomic E-state index is 13.4. The second-order valence-electron chi connectivity index (χ2n) is 7.71. The molecule has 0 N–H and O–H groups in total. The third-order valence-corrected chi connectivity index (χ3v) is 5.23. The lowest BCUT2D eigenvalue weighted by molar-refractivity contribution is 0.681. The quantitative estimate of drug-likeness (QED) is 0.650. The summed E-state index contributed by atoms with van der Waals surface area (Å²) in [4.78, 5) is 20.5. The summed E-state index contributed by atoms with van der Waals surface area (Å²) in [6.07, 6.45) is 2.01. The second kappa shape index (κ2) is 7.78. The minimum Gasteiger partial charge on any atom is -0.342 e. The molecule has 28 heavy (non-hydrogen) atoms. The van der Waals surface area contributed by atoms with Crippen LogP contribution in [0.2, 0.25) is 0 Å². The van der Waals surface area contributed by atoms with Crippen molar-refractivity contribution in [1.82, 2.24) is 19.3 Å². The van der Waals surface area contributed by atoms with Crippen LogP contribution >= 0.6 is 0 Å². The van der Waals surface area contributed by atoms with Gasteiger partial charge in [0.2, 0.25) is 5.95 Å². The van der Waals surface area contributed by atoms with Gasteiger partial charge in [-0.2, -0.15) is 10.1 Å². The summed E-state index contributed by atoms with van der Waals surface area (Å²) in [5, 5.41) is 5.32. The first-order valence-electron chi connectivity index (χ1n) is 10.1. The molecule has 0 saturated carbocycles. The summed E-state index contributed by atoms with van der Waals surface area (Å²) >= 11 is 0. The molecule has 3 rings (SSSR count). The fourth-order valence-electron chi connectivity index (χ4n) is 4.13. The zero-order chi connectivity index (χ0) is 20.6. The predicted octanol–water partition coefficient (Wildman–Crippen LogP) is 3.89. The Labute approximate surface area is 166 Å². The number of aromatic nitrogens is 4. The highest BCUT2D eigenvalue weighted by atomic mass is 16.1. The summed E-state index contributed by atoms with van der Waals surface area (Å²) in [5.41, 5.74) is 5.82. The molecule has 6 nitrogen and oxygen atoms in total. The average Bonchev–Trinajstić information content (AvgIpc) is 2.93. The third-order valence-electron chi connectivity index (χ3n) is 5.23. The molecule has 0 atom stereocenters. The SMILES string of the molecule is CCCN(CCC)c1nc2c(c(-c3c(C)cc(C)cc3C)nn2C)c(=O)n1C. The van der Waals surface area contributed by atoms with Gasteiger partial charge in [-0.25, -0.2) is 4.68 Å². The van der Waals surface area contributed by atoms with Crippen LogP contribution in [0.3, 0.4) is 0 Å². The molecule has 1 aromatic carbocycles. The van der Waals surface area contributed by atoms with Crippen molar-refractivity contribution in [3.63, 3.8) is 0 Å². The number of aryl methyl sites for hydroxylation is 4. The van der Waals surface area contributed by atoms with E-state index in [1.54, 1.807) is 9.25 Å². The summed E-state index contributed by atoms with van der Waals surface area (Å²) in [7, 11) is 3.68. The van der Waals surface area contributed by atoms with Crippen LogP contribution in [0, 0.1) is 20.8 Å². The molecular formula is C22H31N5O. The van der Waals surface area contributed by atoms with E-state index in [9.17, 15) is 4.79 Å². The van der Waals surface area contributed by atoms with Gasteiger partial charge in [0.1, 0.15) is 11.1 Å². The average molecular weight is 382 g/mol. The lowest BCUT2D eigenvalue weighted by Crippen LogP contribution is -2.33. The van der Waals surface area contributed by atoms with Crippen molar-refractivity contribution in [3.8, 4) is 11.3 Å². The standard InChI is InChI=1S/C22H31N5O/c1-8-10-27(11-9-2)22-23-20-18(21(28)25(22)6)19(24-26(20)7)17-15(4)12-14(3)13-16(17)5/h12-13H,8-11H2,1-7H3. The minimum absolute atomic E-state index is 0.0420. The highest BCUT2D eigenvalue weighted by Crippen LogP contribution is 2.31. The minimum atomic E-state index is -0.0420. The molecule has 6 heteroatoms. The lowest BCUT2D eigenvalue weighted by Gasteiger charge is -2.24. The summed E-state index contributed by atoms with van der Waals surface area (Å²) in [6, 6.07) is 4.28. The fraction of sp³-hybridized carbons (Fsp3) is 0.500. The van der Waals surface area contributed by atoms with E-state index in [4.69, 9.17) is 10.1 Å². The Morgan fingerprint density at radius 1 is 1.00 bits per heavy atom. The second-order valence-corrected chi connectivity index (χ2v) is 7.71. The van der Waals surface area contributed by atoms with Crippen LogP contribution in [-0.2, 0) is 14.1 Å². The van der Waals surface area contributed by atoms with E-state index >= 15 is 0 Å². The smallest absolute Gasteiger partial charge is 0.266 e. The highest BCUT2D eigenvalue weighted by Gasteiger charge is 2.22. The van der Waals surface area contributed by atoms with Crippen LogP contribution in [0.5, 0.6) is 0 Å². The molecule has 0 bridgehead atoms. The first-order chi connectivity index (χ1) is 13.3. The summed E-state index contributed by atoms with van der Waals surface area (Å²) in [5.74, 6) is 0.716. The van der Waals surface area contributed by atoms with Crippen molar-refractivity contribution in [3.05, 3.63) is 39.2 Å². The molecule has 0 aliphatic rings. The summed E-state index contributed by atoms with van der Waals surface area (Å²) < 4.78 is 3.42. The van der Waals surface area contributed by atoms with Gasteiger partial charge in [-0.1, -0.05) is 31.5 Å². The van der Waals surface area contributed by atoms with Gasteiger partial charge in [-0.05, 0) is 44.7 Å². The van der Waals surface area contributed by atoms with E-state index in [2.05, 4.69) is 51.7 Å². The molecule has 0 radical (unpaired) electrons. The fourth-order valence-corrected chi connectivity index (χ4v) is 4.13. The maximum Gasteiger partial charge on any atom is 0.266 e. The number of hydrogen-bond acceptors (Lipinski definition) is 4. The molecule has 2 aromatic heterocycles. The molecule has 0 aliphatic heterocycles. The van der Waals surface area contributed by atoms with Crippen molar-refractivity contribution < 1.29 is 0 Å². The number of anilines is 1. The predicted molar refractivity (Wildman–Crippen MR) is 116 cm³/mol. The maximum absolute atomic E-state index is 13.4. The first kappa shape index (κ1) is 20.1. The Balaban J connectivity index is 2.31. The van der Waals surface area contributed by atoms with E-state index in [1.165, 1.54) is 5.56 Å². The molecular weight excluding hydrogens is 350 g/mol. The van der Waals surface area contributed by atoms with Gasteiger partial charge in [-0.3, -0.25) is 9.36 Å². The van der Waals surface area contributed by atoms with E-state index in [0.717, 1.165) is 48.3 Å². The number of fused-ring (bicyclic) bond motifs is 1. The Morgan fingerprint density at radius 2 is 1.57 bits per heavy atom. The van der Waals surface area contributed by atoms with Crippen LogP contribution in [0.1, 0.15) is 43.4 Å². The van der Waals surface area contributed by atoms with Crippen molar-refractivity contribution in [1.29, 1.82) is 0 Å². The van der Waals surface area contributed by atoms with E-state index in [1.807, 2.05) is 14.1 Å². The zero-order valence-electron chi connectivity index (χ0n) is 18.1. The van der Waals surface area contributed by atoms with E-state index in [-0.39, 0.29) is 5.56 Å². The van der Waals surface area contributed by atoms with Gasteiger partial charge in [0.05, 0.1) is 0 Å². The summed E-state index contributed by atoms with van der Waals surface area (Å²) in [6.45, 7) is 12.3. The van der Waals surface area contributed by atoms with Crippen molar-refractivity contribution in [2.75, 3.05) is 18.0 Å². The molecule has 2 heterocycles. The van der Waals surface area contributed by atoms with E-state index < -0.39 is 0 Å². The third kappa shape index (κ3) is 3.32. The Morgan fingerprint density at radius 3 is 2.11 bits per heavy atom. The largest absolute Gasteiger partial charge is 0.342 e. The highest BCUT2D eigenvalue weighted by molar-refractivity contribution is 5.93. The van der Waals surface area contributed by atoms with Gasteiger partial charge < -0.3 is 4.90 Å². The van der Waals surface area contributed by atoms with Gasteiger partial charge in [0.25, 0.3) is 5.56 Å². The molecule has 0 fully saturated rings. The Hall–Kier alpha value is -2.63. The van der Waals surface area contributed by atoms with Gasteiger partial charge in [0.15, 0.2) is 5.65 Å². The number of nitrogens with zero attached hydrogens (tertiary/aromatic N) is 5. The van der Waals surface area contributed by atoms with Gasteiger partial charge in [0, 0.05) is 32.7 Å². The normalized spacial score (nSPS) is 11.4. The number of benzene rings is 1. The van der Waals surface area contributed by atoms with Crippen molar-refractivity contribution in [2.24, 2.45) is 14.1 Å². The first-order valence-corrected chi connectivity index (χ1v) is 10.1. The van der Waals surface area contributed by atoms with Crippen molar-refractivity contribution in [2.45, 2.75) is 47.5 Å². The molecule has 0 amide bonds. The molecule has 0 unspecified atom stereocenters. The molecule has 150 valence electrons. The van der Waals surface area contributed by atoms with Crippen LogP contribution < -0.4 is 10.5 Å².